The predicted molar refractivity (Wildman–Crippen MR) is 99.6 cm³/mol. The highest BCUT2D eigenvalue weighted by Gasteiger charge is 2.27. The molecule has 0 bridgehead atoms. The lowest BCUT2D eigenvalue weighted by Crippen LogP contribution is -2.46. The molecule has 0 amide bonds. The molecule has 1 fully saturated rings. The number of carbonyl (C=O) groups excluding carboxylic acids is 1. The van der Waals surface area contributed by atoms with Crippen LogP contribution < -0.4 is 5.32 Å². The fourth-order valence-corrected chi connectivity index (χ4v) is 3.84. The number of aryl methyl sites for hydroxylation is 2. The Labute approximate surface area is 150 Å². The molecule has 0 radical (unpaired) electrons. The Bertz CT molecular complexity index is 634. The van der Waals surface area contributed by atoms with Gasteiger partial charge in [-0.05, 0) is 55.7 Å². The first-order chi connectivity index (χ1) is 12.2. The number of nitrogens with one attached hydrogen (secondary N) is 1. The average Bonchev–Trinajstić information content (AvgIpc) is 3.11. The summed E-state index contributed by atoms with van der Waals surface area (Å²) >= 11 is 0. The number of esters is 1. The summed E-state index contributed by atoms with van der Waals surface area (Å²) in [7, 11) is 1.82. The molecule has 1 aromatic rings. The van der Waals surface area contributed by atoms with Crippen LogP contribution in [0.15, 0.2) is 23.2 Å². The molecule has 3 rings (SSSR count). The molecule has 5 heteroatoms. The van der Waals surface area contributed by atoms with Gasteiger partial charge in [-0.15, -0.1) is 0 Å². The van der Waals surface area contributed by atoms with Crippen LogP contribution in [0.4, 0.5) is 0 Å². The number of piperidine rings is 1. The molecule has 0 unspecified atom stereocenters. The molecule has 25 heavy (non-hydrogen) atoms. The number of likely N-dealkylation sites (tertiary alicyclic amines) is 1. The van der Waals surface area contributed by atoms with Gasteiger partial charge < -0.3 is 15.0 Å². The van der Waals surface area contributed by atoms with Gasteiger partial charge in [-0.2, -0.15) is 0 Å². The minimum atomic E-state index is -0.0526. The molecule has 136 valence electrons. The number of benzene rings is 1. The fourth-order valence-electron chi connectivity index (χ4n) is 3.84. The zero-order valence-electron chi connectivity index (χ0n) is 15.4. The number of ether oxygens (including phenoxy) is 1. The molecular formula is C20H29N3O2. The number of carbonyl (C=O) groups is 1. The Morgan fingerprint density at radius 2 is 2.04 bits per heavy atom. The third kappa shape index (κ3) is 4.33. The van der Waals surface area contributed by atoms with E-state index in [1.54, 1.807) is 0 Å². The van der Waals surface area contributed by atoms with Crippen molar-refractivity contribution >= 4 is 11.9 Å². The Hall–Kier alpha value is -2.04. The number of guanidine groups is 1. The van der Waals surface area contributed by atoms with E-state index >= 15 is 0 Å². The van der Waals surface area contributed by atoms with Gasteiger partial charge in [-0.1, -0.05) is 18.2 Å². The van der Waals surface area contributed by atoms with Gasteiger partial charge in [0.15, 0.2) is 5.96 Å². The topological polar surface area (TPSA) is 53.9 Å². The van der Waals surface area contributed by atoms with Gasteiger partial charge in [-0.3, -0.25) is 9.79 Å². The van der Waals surface area contributed by atoms with Crippen LogP contribution in [0.1, 0.15) is 42.9 Å². The summed E-state index contributed by atoms with van der Waals surface area (Å²) in [5, 5.41) is 3.48. The van der Waals surface area contributed by atoms with E-state index in [4.69, 9.17) is 4.74 Å². The molecule has 1 heterocycles. The number of rotatable bonds is 4. The Balaban J connectivity index is 1.51. The average molecular weight is 343 g/mol. The van der Waals surface area contributed by atoms with E-state index < -0.39 is 0 Å². The predicted octanol–water partition coefficient (Wildman–Crippen LogP) is 2.53. The maximum atomic E-state index is 11.9. The molecule has 1 N–H and O–H groups in total. The van der Waals surface area contributed by atoms with Crippen molar-refractivity contribution in [3.63, 3.8) is 0 Å². The monoisotopic (exact) mass is 343 g/mol. The summed E-state index contributed by atoms with van der Waals surface area (Å²) in [5.41, 5.74) is 4.32. The van der Waals surface area contributed by atoms with E-state index in [2.05, 4.69) is 33.4 Å². The first-order valence-corrected chi connectivity index (χ1v) is 9.44. The number of hydrogen-bond acceptors (Lipinski definition) is 3. The standard InChI is InChI=1S/C20H29N3O2/c1-3-25-19(24)17-9-11-23(12-10-17)20(21-2)22-14-15-7-8-16-5-4-6-18(16)13-15/h7-8,13,17H,3-6,9-12,14H2,1-2H3,(H,21,22). The van der Waals surface area contributed by atoms with Crippen molar-refractivity contribution in [3.05, 3.63) is 34.9 Å². The molecule has 1 saturated heterocycles. The molecule has 1 aromatic carbocycles. The number of hydrogen-bond donors (Lipinski definition) is 1. The third-order valence-corrected chi connectivity index (χ3v) is 5.24. The van der Waals surface area contributed by atoms with Crippen LogP contribution in [0.3, 0.4) is 0 Å². The van der Waals surface area contributed by atoms with E-state index in [1.165, 1.54) is 36.0 Å². The lowest BCUT2D eigenvalue weighted by molar-refractivity contribution is -0.149. The SMILES string of the molecule is CCOC(=O)C1CCN(C(=NC)NCc2ccc3c(c2)CCC3)CC1. The number of aliphatic imine (C=N–C) groups is 1. The van der Waals surface area contributed by atoms with Crippen LogP contribution in [0, 0.1) is 5.92 Å². The largest absolute Gasteiger partial charge is 0.466 e. The van der Waals surface area contributed by atoms with Crippen LogP contribution in [0.5, 0.6) is 0 Å². The number of fused-ring (bicyclic) bond motifs is 1. The zero-order chi connectivity index (χ0) is 17.6. The molecule has 1 aliphatic heterocycles. The van der Waals surface area contributed by atoms with Gasteiger partial charge in [-0.25, -0.2) is 0 Å². The second kappa shape index (κ2) is 8.37. The second-order valence-corrected chi connectivity index (χ2v) is 6.87. The van der Waals surface area contributed by atoms with Gasteiger partial charge in [0.05, 0.1) is 12.5 Å². The summed E-state index contributed by atoms with van der Waals surface area (Å²) in [6, 6.07) is 6.82. The molecule has 0 aromatic heterocycles. The first-order valence-electron chi connectivity index (χ1n) is 9.44. The minimum absolute atomic E-state index is 0.0333. The maximum absolute atomic E-state index is 11.9. The lowest BCUT2D eigenvalue weighted by atomic mass is 9.97. The highest BCUT2D eigenvalue weighted by atomic mass is 16.5. The Morgan fingerprint density at radius 1 is 1.28 bits per heavy atom. The van der Waals surface area contributed by atoms with Crippen LogP contribution in [-0.2, 0) is 28.9 Å². The van der Waals surface area contributed by atoms with Crippen molar-refractivity contribution in [2.24, 2.45) is 10.9 Å². The quantitative estimate of drug-likeness (QED) is 0.518. The molecular weight excluding hydrogens is 314 g/mol. The molecule has 5 nitrogen and oxygen atoms in total. The highest BCUT2D eigenvalue weighted by Crippen LogP contribution is 2.23. The third-order valence-electron chi connectivity index (χ3n) is 5.24. The molecule has 1 aliphatic carbocycles. The highest BCUT2D eigenvalue weighted by molar-refractivity contribution is 5.80. The van der Waals surface area contributed by atoms with Gasteiger partial charge in [0.2, 0.25) is 0 Å². The van der Waals surface area contributed by atoms with E-state index in [9.17, 15) is 4.79 Å². The maximum Gasteiger partial charge on any atom is 0.309 e. The van der Waals surface area contributed by atoms with Crippen LogP contribution in [-0.4, -0.2) is 43.6 Å². The lowest BCUT2D eigenvalue weighted by Gasteiger charge is -2.33. The van der Waals surface area contributed by atoms with Gasteiger partial charge in [0.1, 0.15) is 0 Å². The summed E-state index contributed by atoms with van der Waals surface area (Å²) in [5.74, 6) is 0.900. The van der Waals surface area contributed by atoms with E-state index in [-0.39, 0.29) is 11.9 Å². The van der Waals surface area contributed by atoms with E-state index in [0.717, 1.165) is 38.4 Å². The van der Waals surface area contributed by atoms with Gasteiger partial charge in [0, 0.05) is 26.7 Å². The fraction of sp³-hybridized carbons (Fsp3) is 0.600. The van der Waals surface area contributed by atoms with Crippen molar-refractivity contribution < 1.29 is 9.53 Å². The van der Waals surface area contributed by atoms with Crippen molar-refractivity contribution in [1.29, 1.82) is 0 Å². The first kappa shape index (κ1) is 17.8. The van der Waals surface area contributed by atoms with Crippen LogP contribution in [0.2, 0.25) is 0 Å². The number of nitrogens with zero attached hydrogens (tertiary/aromatic N) is 2. The summed E-state index contributed by atoms with van der Waals surface area (Å²) in [6.45, 7) is 4.79. The van der Waals surface area contributed by atoms with Gasteiger partial charge in [0.25, 0.3) is 0 Å². The normalized spacial score (nSPS) is 18.2. The van der Waals surface area contributed by atoms with Crippen LogP contribution in [0.25, 0.3) is 0 Å². The van der Waals surface area contributed by atoms with Crippen molar-refractivity contribution in [2.45, 2.75) is 45.6 Å². The smallest absolute Gasteiger partial charge is 0.309 e. The summed E-state index contributed by atoms with van der Waals surface area (Å²) in [6.07, 6.45) is 5.37. The molecule has 2 aliphatic rings. The molecule has 0 spiro atoms. The van der Waals surface area contributed by atoms with Crippen molar-refractivity contribution in [1.82, 2.24) is 10.2 Å². The minimum Gasteiger partial charge on any atom is -0.466 e. The summed E-state index contributed by atoms with van der Waals surface area (Å²) < 4.78 is 5.14. The molecule has 0 saturated carbocycles. The van der Waals surface area contributed by atoms with Crippen molar-refractivity contribution in [3.8, 4) is 0 Å². The second-order valence-electron chi connectivity index (χ2n) is 6.87. The van der Waals surface area contributed by atoms with E-state index in [0.29, 0.717) is 6.61 Å². The van der Waals surface area contributed by atoms with E-state index in [1.807, 2.05) is 14.0 Å². The zero-order valence-corrected chi connectivity index (χ0v) is 15.4. The summed E-state index contributed by atoms with van der Waals surface area (Å²) in [4.78, 5) is 18.5. The van der Waals surface area contributed by atoms with Gasteiger partial charge >= 0.3 is 5.97 Å². The molecule has 0 atom stereocenters. The van der Waals surface area contributed by atoms with Crippen LogP contribution >= 0.6 is 0 Å². The van der Waals surface area contributed by atoms with Crippen molar-refractivity contribution in [2.75, 3.05) is 26.7 Å². The Morgan fingerprint density at radius 3 is 2.76 bits per heavy atom. The Kier molecular flexibility index (Phi) is 5.95.